The zero-order valence-electron chi connectivity index (χ0n) is 10.2. The molecule has 7 heteroatoms. The number of hydrogen-bond acceptors (Lipinski definition) is 3. The van der Waals surface area contributed by atoms with Crippen molar-refractivity contribution in [3.63, 3.8) is 0 Å². The van der Waals surface area contributed by atoms with Gasteiger partial charge in [0.05, 0.1) is 5.56 Å². The van der Waals surface area contributed by atoms with Crippen LogP contribution >= 0.6 is 12.4 Å². The molecule has 0 saturated carbocycles. The van der Waals surface area contributed by atoms with Gasteiger partial charge in [-0.15, -0.1) is 12.4 Å². The number of nitrogens with one attached hydrogen (secondary N) is 1. The van der Waals surface area contributed by atoms with Crippen molar-refractivity contribution >= 4 is 18.2 Å². The van der Waals surface area contributed by atoms with Crippen LogP contribution in [-0.2, 0) is 6.18 Å². The topological polar surface area (TPSA) is 28.2 Å². The first-order valence-corrected chi connectivity index (χ1v) is 6.06. The monoisotopic (exact) mass is 293 g/mol. The zero-order valence-corrected chi connectivity index (χ0v) is 11.0. The van der Waals surface area contributed by atoms with Gasteiger partial charge in [0.25, 0.3) is 0 Å². The molecule has 1 aromatic rings. The first-order valence-electron chi connectivity index (χ1n) is 6.06. The van der Waals surface area contributed by atoms with Crippen molar-refractivity contribution in [1.29, 1.82) is 0 Å². The molecule has 2 aliphatic heterocycles. The average molecular weight is 294 g/mol. The molecule has 2 bridgehead atoms. The third-order valence-electron chi connectivity index (χ3n) is 3.62. The molecule has 2 unspecified atom stereocenters. The van der Waals surface area contributed by atoms with Crippen LogP contribution in [0.5, 0.6) is 0 Å². The van der Waals surface area contributed by atoms with E-state index in [-0.39, 0.29) is 12.4 Å². The number of pyridine rings is 1. The van der Waals surface area contributed by atoms with Crippen molar-refractivity contribution in [3.8, 4) is 0 Å². The van der Waals surface area contributed by atoms with Gasteiger partial charge < -0.3 is 10.2 Å². The Labute approximate surface area is 115 Å². The molecule has 0 aromatic carbocycles. The molecular formula is C12H15ClF3N3. The predicted octanol–water partition coefficient (Wildman–Crippen LogP) is 2.46. The van der Waals surface area contributed by atoms with Crippen molar-refractivity contribution in [2.45, 2.75) is 31.1 Å². The molecule has 106 valence electrons. The molecule has 1 aromatic heterocycles. The Bertz CT molecular complexity index is 423. The number of rotatable bonds is 1. The standard InChI is InChI=1S/C12H14F3N3.ClH/c13-12(14,15)8-1-4-11(16-5-8)18-6-9-2-3-10(7-18)17-9;/h1,4-5,9-10,17H,2-3,6-7H2;1H. The van der Waals surface area contributed by atoms with Gasteiger partial charge in [-0.1, -0.05) is 0 Å². The Kier molecular flexibility index (Phi) is 3.92. The second-order valence-electron chi connectivity index (χ2n) is 4.95. The van der Waals surface area contributed by atoms with Crippen LogP contribution in [0.15, 0.2) is 18.3 Å². The van der Waals surface area contributed by atoms with E-state index in [0.29, 0.717) is 17.9 Å². The Hall–Kier alpha value is -1.01. The van der Waals surface area contributed by atoms with E-state index in [4.69, 9.17) is 0 Å². The summed E-state index contributed by atoms with van der Waals surface area (Å²) in [7, 11) is 0. The third kappa shape index (κ3) is 2.95. The minimum atomic E-state index is -4.31. The van der Waals surface area contributed by atoms with E-state index >= 15 is 0 Å². The average Bonchev–Trinajstić information content (AvgIpc) is 2.67. The largest absolute Gasteiger partial charge is 0.417 e. The van der Waals surface area contributed by atoms with Crippen LogP contribution in [-0.4, -0.2) is 30.2 Å². The number of fused-ring (bicyclic) bond motifs is 2. The molecule has 3 heterocycles. The van der Waals surface area contributed by atoms with Gasteiger partial charge in [0, 0.05) is 31.4 Å². The Morgan fingerprint density at radius 3 is 2.26 bits per heavy atom. The van der Waals surface area contributed by atoms with Gasteiger partial charge in [-0.25, -0.2) is 4.98 Å². The summed E-state index contributed by atoms with van der Waals surface area (Å²) in [5, 5.41) is 3.48. The number of aromatic nitrogens is 1. The maximum absolute atomic E-state index is 12.4. The summed E-state index contributed by atoms with van der Waals surface area (Å²) in [6.07, 6.45) is -1.11. The molecule has 0 amide bonds. The fourth-order valence-electron chi connectivity index (χ4n) is 2.72. The Morgan fingerprint density at radius 1 is 1.16 bits per heavy atom. The van der Waals surface area contributed by atoms with Crippen molar-refractivity contribution in [1.82, 2.24) is 10.3 Å². The van der Waals surface area contributed by atoms with Crippen molar-refractivity contribution in [2.24, 2.45) is 0 Å². The molecule has 0 spiro atoms. The lowest BCUT2D eigenvalue weighted by Crippen LogP contribution is -2.51. The normalized spacial score (nSPS) is 26.2. The van der Waals surface area contributed by atoms with Crippen molar-refractivity contribution in [3.05, 3.63) is 23.9 Å². The maximum atomic E-state index is 12.4. The minimum absolute atomic E-state index is 0. The first-order chi connectivity index (χ1) is 8.52. The van der Waals surface area contributed by atoms with Crippen LogP contribution in [0.3, 0.4) is 0 Å². The second-order valence-corrected chi connectivity index (χ2v) is 4.95. The van der Waals surface area contributed by atoms with Gasteiger partial charge in [-0.05, 0) is 25.0 Å². The number of halogens is 4. The van der Waals surface area contributed by atoms with Gasteiger partial charge in [0.1, 0.15) is 5.82 Å². The van der Waals surface area contributed by atoms with Gasteiger partial charge in [-0.3, -0.25) is 0 Å². The fraction of sp³-hybridized carbons (Fsp3) is 0.583. The number of alkyl halides is 3. The van der Waals surface area contributed by atoms with Gasteiger partial charge in [0.15, 0.2) is 0 Å². The number of nitrogens with zero attached hydrogens (tertiary/aromatic N) is 2. The summed E-state index contributed by atoms with van der Waals surface area (Å²) in [6, 6.07) is 3.47. The highest BCUT2D eigenvalue weighted by Crippen LogP contribution is 2.30. The van der Waals surface area contributed by atoms with Crippen LogP contribution in [0.4, 0.5) is 19.0 Å². The lowest BCUT2D eigenvalue weighted by Gasteiger charge is -2.33. The quantitative estimate of drug-likeness (QED) is 0.862. The summed E-state index contributed by atoms with van der Waals surface area (Å²) in [5.74, 6) is 0.640. The van der Waals surface area contributed by atoms with Crippen molar-refractivity contribution in [2.75, 3.05) is 18.0 Å². The molecule has 1 N–H and O–H groups in total. The van der Waals surface area contributed by atoms with E-state index < -0.39 is 11.7 Å². The first kappa shape index (κ1) is 14.4. The van der Waals surface area contributed by atoms with Crippen LogP contribution in [0.25, 0.3) is 0 Å². The van der Waals surface area contributed by atoms with E-state index in [1.54, 1.807) is 0 Å². The highest BCUT2D eigenvalue weighted by atomic mass is 35.5. The van der Waals surface area contributed by atoms with Gasteiger partial charge >= 0.3 is 6.18 Å². The Balaban J connectivity index is 0.00000133. The van der Waals surface area contributed by atoms with E-state index in [2.05, 4.69) is 15.2 Å². The molecule has 2 aliphatic rings. The predicted molar refractivity (Wildman–Crippen MR) is 68.6 cm³/mol. The second kappa shape index (κ2) is 5.17. The lowest BCUT2D eigenvalue weighted by atomic mass is 10.2. The SMILES string of the molecule is Cl.FC(F)(F)c1ccc(N2CC3CCC(C2)N3)nc1. The smallest absolute Gasteiger partial charge is 0.353 e. The van der Waals surface area contributed by atoms with Gasteiger partial charge in [0.2, 0.25) is 0 Å². The van der Waals surface area contributed by atoms with E-state index in [0.717, 1.165) is 38.2 Å². The summed E-state index contributed by atoms with van der Waals surface area (Å²) >= 11 is 0. The summed E-state index contributed by atoms with van der Waals surface area (Å²) < 4.78 is 37.3. The Morgan fingerprint density at radius 2 is 1.79 bits per heavy atom. The molecule has 2 atom stereocenters. The fourth-order valence-corrected chi connectivity index (χ4v) is 2.72. The lowest BCUT2D eigenvalue weighted by molar-refractivity contribution is -0.137. The zero-order chi connectivity index (χ0) is 12.8. The number of piperazine rings is 1. The van der Waals surface area contributed by atoms with Crippen LogP contribution in [0.1, 0.15) is 18.4 Å². The molecule has 19 heavy (non-hydrogen) atoms. The molecule has 2 fully saturated rings. The van der Waals surface area contributed by atoms with Crippen LogP contribution in [0, 0.1) is 0 Å². The molecule has 3 rings (SSSR count). The molecule has 3 nitrogen and oxygen atoms in total. The van der Waals surface area contributed by atoms with E-state index in [1.165, 1.54) is 6.07 Å². The van der Waals surface area contributed by atoms with Crippen LogP contribution < -0.4 is 10.2 Å². The summed E-state index contributed by atoms with van der Waals surface area (Å²) in [6.45, 7) is 1.66. The molecule has 2 saturated heterocycles. The number of anilines is 1. The molecule has 0 radical (unpaired) electrons. The van der Waals surface area contributed by atoms with E-state index in [1.807, 2.05) is 0 Å². The third-order valence-corrected chi connectivity index (χ3v) is 3.62. The van der Waals surface area contributed by atoms with Gasteiger partial charge in [-0.2, -0.15) is 13.2 Å². The summed E-state index contributed by atoms with van der Waals surface area (Å²) in [4.78, 5) is 6.01. The maximum Gasteiger partial charge on any atom is 0.417 e. The van der Waals surface area contributed by atoms with Crippen molar-refractivity contribution < 1.29 is 13.2 Å². The number of hydrogen-bond donors (Lipinski definition) is 1. The van der Waals surface area contributed by atoms with E-state index in [9.17, 15) is 13.2 Å². The highest BCUT2D eigenvalue weighted by Gasteiger charge is 2.34. The summed E-state index contributed by atoms with van der Waals surface area (Å²) in [5.41, 5.74) is -0.690. The highest BCUT2D eigenvalue weighted by molar-refractivity contribution is 5.85. The van der Waals surface area contributed by atoms with Crippen LogP contribution in [0.2, 0.25) is 0 Å². The minimum Gasteiger partial charge on any atom is -0.353 e. The molecular weight excluding hydrogens is 279 g/mol. The molecule has 0 aliphatic carbocycles.